The summed E-state index contributed by atoms with van der Waals surface area (Å²) in [4.78, 5) is 2.35. The Morgan fingerprint density at radius 2 is 1.95 bits per heavy atom. The SMILES string of the molecule is Nc1ccc(OCCN2CCCC3(C2)OCCO3)cc1. The number of nitrogens with two attached hydrogens (primary N) is 1. The molecule has 0 amide bonds. The van der Waals surface area contributed by atoms with Gasteiger partial charge in [-0.25, -0.2) is 0 Å². The Morgan fingerprint density at radius 3 is 2.70 bits per heavy atom. The zero-order valence-corrected chi connectivity index (χ0v) is 11.7. The maximum atomic E-state index is 5.77. The summed E-state index contributed by atoms with van der Waals surface area (Å²) in [5, 5.41) is 0. The molecular weight excluding hydrogens is 256 g/mol. The Morgan fingerprint density at radius 1 is 1.20 bits per heavy atom. The van der Waals surface area contributed by atoms with Crippen LogP contribution in [-0.2, 0) is 9.47 Å². The fourth-order valence-electron chi connectivity index (χ4n) is 2.85. The Hall–Kier alpha value is -1.30. The van der Waals surface area contributed by atoms with Crippen LogP contribution in [0, 0.1) is 0 Å². The molecule has 1 aromatic carbocycles. The molecule has 2 fully saturated rings. The van der Waals surface area contributed by atoms with Gasteiger partial charge in [-0.1, -0.05) is 0 Å². The van der Waals surface area contributed by atoms with Crippen LogP contribution in [0.25, 0.3) is 0 Å². The molecule has 2 N–H and O–H groups in total. The summed E-state index contributed by atoms with van der Waals surface area (Å²) in [6.07, 6.45) is 2.12. The number of nitrogens with zero attached hydrogens (tertiary/aromatic N) is 1. The number of rotatable bonds is 4. The van der Waals surface area contributed by atoms with E-state index in [-0.39, 0.29) is 5.79 Å². The van der Waals surface area contributed by atoms with E-state index in [1.807, 2.05) is 24.3 Å². The van der Waals surface area contributed by atoms with Gasteiger partial charge in [0.25, 0.3) is 0 Å². The van der Waals surface area contributed by atoms with Crippen LogP contribution in [0.5, 0.6) is 5.75 Å². The predicted molar refractivity (Wildman–Crippen MR) is 76.7 cm³/mol. The quantitative estimate of drug-likeness (QED) is 0.846. The Bertz CT molecular complexity index is 429. The van der Waals surface area contributed by atoms with Gasteiger partial charge in [0, 0.05) is 18.7 Å². The van der Waals surface area contributed by atoms with E-state index in [1.54, 1.807) is 0 Å². The molecule has 0 atom stereocenters. The third-order valence-corrected chi connectivity index (χ3v) is 3.87. The van der Waals surface area contributed by atoms with Crippen molar-refractivity contribution >= 4 is 5.69 Å². The van der Waals surface area contributed by atoms with Crippen LogP contribution in [0.2, 0.25) is 0 Å². The van der Waals surface area contributed by atoms with Crippen LogP contribution in [0.1, 0.15) is 12.8 Å². The highest BCUT2D eigenvalue weighted by atomic mass is 16.7. The first-order valence-electron chi connectivity index (χ1n) is 7.24. The number of nitrogen functional groups attached to an aromatic ring is 1. The molecule has 0 bridgehead atoms. The van der Waals surface area contributed by atoms with Gasteiger partial charge in [-0.05, 0) is 37.2 Å². The van der Waals surface area contributed by atoms with E-state index in [0.29, 0.717) is 6.61 Å². The van der Waals surface area contributed by atoms with Crippen LogP contribution >= 0.6 is 0 Å². The smallest absolute Gasteiger partial charge is 0.181 e. The second-order valence-corrected chi connectivity index (χ2v) is 5.40. The number of benzene rings is 1. The molecule has 0 aromatic heterocycles. The van der Waals surface area contributed by atoms with Crippen molar-refractivity contribution in [3.8, 4) is 5.75 Å². The van der Waals surface area contributed by atoms with Gasteiger partial charge in [0.1, 0.15) is 12.4 Å². The van der Waals surface area contributed by atoms with Crippen molar-refractivity contribution in [2.75, 3.05) is 45.2 Å². The third kappa shape index (κ3) is 3.23. The largest absolute Gasteiger partial charge is 0.492 e. The van der Waals surface area contributed by atoms with E-state index in [1.165, 1.54) is 0 Å². The summed E-state index contributed by atoms with van der Waals surface area (Å²) in [6.45, 7) is 4.92. The molecule has 2 saturated heterocycles. The Kier molecular flexibility index (Phi) is 4.10. The number of hydrogen-bond acceptors (Lipinski definition) is 5. The second-order valence-electron chi connectivity index (χ2n) is 5.40. The minimum Gasteiger partial charge on any atom is -0.492 e. The number of piperidine rings is 1. The van der Waals surface area contributed by atoms with Crippen molar-refractivity contribution in [1.82, 2.24) is 4.90 Å². The fourth-order valence-corrected chi connectivity index (χ4v) is 2.85. The molecule has 5 nitrogen and oxygen atoms in total. The van der Waals surface area contributed by atoms with E-state index in [2.05, 4.69) is 4.90 Å². The molecule has 110 valence electrons. The van der Waals surface area contributed by atoms with Crippen LogP contribution in [-0.4, -0.2) is 50.1 Å². The maximum Gasteiger partial charge on any atom is 0.181 e. The minimum absolute atomic E-state index is 0.348. The van der Waals surface area contributed by atoms with Crippen LogP contribution in [0.15, 0.2) is 24.3 Å². The van der Waals surface area contributed by atoms with Gasteiger partial charge < -0.3 is 19.9 Å². The molecule has 2 aliphatic heterocycles. The fraction of sp³-hybridized carbons (Fsp3) is 0.600. The molecule has 0 saturated carbocycles. The molecule has 1 spiro atoms. The third-order valence-electron chi connectivity index (χ3n) is 3.87. The number of ether oxygens (including phenoxy) is 3. The Balaban J connectivity index is 1.45. The van der Waals surface area contributed by atoms with E-state index in [0.717, 1.165) is 57.1 Å². The van der Waals surface area contributed by atoms with E-state index < -0.39 is 0 Å². The number of hydrogen-bond donors (Lipinski definition) is 1. The molecule has 5 heteroatoms. The first-order chi connectivity index (χ1) is 9.76. The minimum atomic E-state index is -0.348. The van der Waals surface area contributed by atoms with E-state index in [4.69, 9.17) is 19.9 Å². The molecule has 2 aliphatic rings. The summed E-state index contributed by atoms with van der Waals surface area (Å²) in [6, 6.07) is 7.50. The second kappa shape index (κ2) is 5.99. The van der Waals surface area contributed by atoms with Gasteiger partial charge in [0.05, 0.1) is 19.8 Å². The summed E-state index contributed by atoms with van der Waals surface area (Å²) >= 11 is 0. The maximum absolute atomic E-state index is 5.77. The average molecular weight is 278 g/mol. The van der Waals surface area contributed by atoms with Crippen molar-refractivity contribution in [2.24, 2.45) is 0 Å². The average Bonchev–Trinajstić information content (AvgIpc) is 2.89. The molecule has 3 rings (SSSR count). The van der Waals surface area contributed by atoms with Crippen LogP contribution in [0.3, 0.4) is 0 Å². The van der Waals surface area contributed by atoms with Gasteiger partial charge >= 0.3 is 0 Å². The Labute approximate surface area is 119 Å². The first-order valence-corrected chi connectivity index (χ1v) is 7.24. The lowest BCUT2D eigenvalue weighted by Gasteiger charge is -2.38. The number of anilines is 1. The standard InChI is InChI=1S/C15H22N2O3/c16-13-2-4-14(5-3-13)18-9-8-17-7-1-6-15(12-17)19-10-11-20-15/h2-5H,1,6-12,16H2. The molecule has 1 aromatic rings. The molecular formula is C15H22N2O3. The zero-order chi connectivity index (χ0) is 13.8. The molecule has 2 heterocycles. The van der Waals surface area contributed by atoms with Crippen molar-refractivity contribution in [1.29, 1.82) is 0 Å². The normalized spacial score (nSPS) is 22.2. The molecule has 0 unspecified atom stereocenters. The molecule has 0 radical (unpaired) electrons. The van der Waals surface area contributed by atoms with E-state index >= 15 is 0 Å². The first kappa shape index (κ1) is 13.7. The predicted octanol–water partition coefficient (Wildman–Crippen LogP) is 1.49. The van der Waals surface area contributed by atoms with Gasteiger partial charge in [0.15, 0.2) is 5.79 Å². The lowest BCUT2D eigenvalue weighted by atomic mass is 10.0. The van der Waals surface area contributed by atoms with Gasteiger partial charge in [0.2, 0.25) is 0 Å². The van der Waals surface area contributed by atoms with Crippen LogP contribution < -0.4 is 10.5 Å². The summed E-state index contributed by atoms with van der Waals surface area (Å²) in [5.74, 6) is 0.513. The van der Waals surface area contributed by atoms with Gasteiger partial charge in [-0.15, -0.1) is 0 Å². The topological polar surface area (TPSA) is 57.0 Å². The van der Waals surface area contributed by atoms with Gasteiger partial charge in [-0.3, -0.25) is 4.90 Å². The molecule has 0 aliphatic carbocycles. The number of likely N-dealkylation sites (tertiary alicyclic amines) is 1. The van der Waals surface area contributed by atoms with Crippen molar-refractivity contribution < 1.29 is 14.2 Å². The summed E-state index contributed by atoms with van der Waals surface area (Å²) in [7, 11) is 0. The van der Waals surface area contributed by atoms with Crippen molar-refractivity contribution in [3.63, 3.8) is 0 Å². The summed E-state index contributed by atoms with van der Waals surface area (Å²) < 4.78 is 17.3. The highest BCUT2D eigenvalue weighted by molar-refractivity contribution is 5.41. The monoisotopic (exact) mass is 278 g/mol. The lowest BCUT2D eigenvalue weighted by molar-refractivity contribution is -0.189. The summed E-state index contributed by atoms with van der Waals surface area (Å²) in [5.41, 5.74) is 6.40. The van der Waals surface area contributed by atoms with Crippen molar-refractivity contribution in [2.45, 2.75) is 18.6 Å². The zero-order valence-electron chi connectivity index (χ0n) is 11.7. The molecule has 20 heavy (non-hydrogen) atoms. The highest BCUT2D eigenvalue weighted by Gasteiger charge is 2.40. The highest BCUT2D eigenvalue weighted by Crippen LogP contribution is 2.29. The van der Waals surface area contributed by atoms with Crippen LogP contribution in [0.4, 0.5) is 5.69 Å². The van der Waals surface area contributed by atoms with Crippen molar-refractivity contribution in [3.05, 3.63) is 24.3 Å². The van der Waals surface area contributed by atoms with Gasteiger partial charge in [-0.2, -0.15) is 0 Å². The van der Waals surface area contributed by atoms with E-state index in [9.17, 15) is 0 Å². The lowest BCUT2D eigenvalue weighted by Crippen LogP contribution is -2.49.